The van der Waals surface area contributed by atoms with Crippen molar-refractivity contribution in [3.05, 3.63) is 20.8 Å². The highest BCUT2D eigenvalue weighted by atomic mass is 79.9. The third kappa shape index (κ3) is 3.79. The van der Waals surface area contributed by atoms with Crippen molar-refractivity contribution in [1.29, 1.82) is 0 Å². The van der Waals surface area contributed by atoms with Crippen LogP contribution in [0.2, 0.25) is 0 Å². The van der Waals surface area contributed by atoms with Crippen LogP contribution >= 0.6 is 27.3 Å². The number of sulfone groups is 1. The summed E-state index contributed by atoms with van der Waals surface area (Å²) in [4.78, 5) is 1.18. The van der Waals surface area contributed by atoms with Crippen molar-refractivity contribution in [2.75, 3.05) is 12.8 Å². The van der Waals surface area contributed by atoms with Crippen LogP contribution < -0.4 is 5.32 Å². The van der Waals surface area contributed by atoms with Gasteiger partial charge in [0.15, 0.2) is 9.84 Å². The van der Waals surface area contributed by atoms with Gasteiger partial charge in [-0.3, -0.25) is 0 Å². The molecular weight excluding hydrogens is 334 g/mol. The summed E-state index contributed by atoms with van der Waals surface area (Å²) in [6, 6.07) is 1.97. The van der Waals surface area contributed by atoms with E-state index in [1.807, 2.05) is 18.4 Å². The molecule has 1 aromatic heterocycles. The fraction of sp³-hybridized carbons (Fsp3) is 0.667. The van der Waals surface area contributed by atoms with Crippen LogP contribution in [0.3, 0.4) is 0 Å². The van der Waals surface area contributed by atoms with Gasteiger partial charge in [-0.2, -0.15) is 0 Å². The average molecular weight is 354 g/mol. The summed E-state index contributed by atoms with van der Waals surface area (Å²) >= 11 is 5.07. The van der Waals surface area contributed by atoms with E-state index < -0.39 is 14.6 Å². The predicted molar refractivity (Wildman–Crippen MR) is 82.1 cm³/mol. The number of rotatable bonds is 6. The Balaban J connectivity index is 2.96. The molecule has 1 rings (SSSR count). The Hall–Kier alpha value is 0.0900. The van der Waals surface area contributed by atoms with Gasteiger partial charge >= 0.3 is 0 Å². The molecule has 1 N–H and O–H groups in total. The highest BCUT2D eigenvalue weighted by molar-refractivity contribution is 9.10. The number of hydrogen-bond donors (Lipinski definition) is 1. The Morgan fingerprint density at radius 1 is 1.50 bits per heavy atom. The summed E-state index contributed by atoms with van der Waals surface area (Å²) in [5.41, 5.74) is 0. The molecule has 0 aliphatic heterocycles. The molecule has 1 atom stereocenters. The van der Waals surface area contributed by atoms with Crippen LogP contribution in [-0.4, -0.2) is 32.0 Å². The Labute approximate surface area is 122 Å². The second-order valence-electron chi connectivity index (χ2n) is 4.92. The molecule has 0 amide bonds. The summed E-state index contributed by atoms with van der Waals surface area (Å²) in [6.07, 6.45) is 2.03. The van der Waals surface area contributed by atoms with Gasteiger partial charge in [-0.25, -0.2) is 8.42 Å². The second kappa shape index (κ2) is 6.03. The van der Waals surface area contributed by atoms with Crippen molar-refractivity contribution in [2.24, 2.45) is 0 Å². The van der Waals surface area contributed by atoms with Gasteiger partial charge in [-0.05, 0) is 48.8 Å². The number of halogens is 1. The molecule has 0 bridgehead atoms. The van der Waals surface area contributed by atoms with Crippen LogP contribution in [0.5, 0.6) is 0 Å². The summed E-state index contributed by atoms with van der Waals surface area (Å²) in [7, 11) is -3.11. The van der Waals surface area contributed by atoms with Gasteiger partial charge in [0, 0.05) is 27.0 Å². The van der Waals surface area contributed by atoms with Gasteiger partial charge in [-0.1, -0.05) is 6.92 Å². The maximum Gasteiger partial charge on any atom is 0.154 e. The number of likely N-dealkylation sites (N-methyl/N-ethyl adjacent to an activating group) is 1. The maximum absolute atomic E-state index is 11.9. The van der Waals surface area contributed by atoms with E-state index in [9.17, 15) is 8.42 Å². The van der Waals surface area contributed by atoms with Crippen molar-refractivity contribution >= 4 is 37.1 Å². The smallest absolute Gasteiger partial charge is 0.154 e. The molecular formula is C12H20BrNO2S2. The number of hydrogen-bond acceptors (Lipinski definition) is 4. The minimum absolute atomic E-state index is 0.0805. The van der Waals surface area contributed by atoms with E-state index in [-0.39, 0.29) is 6.04 Å². The van der Waals surface area contributed by atoms with Crippen molar-refractivity contribution in [2.45, 2.75) is 38.0 Å². The highest BCUT2D eigenvalue weighted by Gasteiger charge is 2.38. The van der Waals surface area contributed by atoms with Crippen LogP contribution in [0.25, 0.3) is 0 Å². The lowest BCUT2D eigenvalue weighted by molar-refractivity contribution is 0.415. The lowest BCUT2D eigenvalue weighted by atomic mass is 9.99. The van der Waals surface area contributed by atoms with Gasteiger partial charge in [0.1, 0.15) is 0 Å². The molecule has 1 unspecified atom stereocenters. The molecule has 0 fully saturated rings. The Morgan fingerprint density at radius 2 is 2.11 bits per heavy atom. The molecule has 0 aliphatic rings. The summed E-state index contributed by atoms with van der Waals surface area (Å²) in [5, 5.41) is 5.32. The standard InChI is InChI=1S/C12H20BrNO2S2/c1-5-14-11(12(2,3)18(4,15)16)7-10-6-9(13)8-17-10/h6,8,11,14H,5,7H2,1-4H3. The van der Waals surface area contributed by atoms with Gasteiger partial charge < -0.3 is 5.32 Å². The zero-order chi connectivity index (χ0) is 14.0. The average Bonchev–Trinajstić information content (AvgIpc) is 2.61. The Bertz CT molecular complexity index is 494. The molecule has 104 valence electrons. The van der Waals surface area contributed by atoms with Gasteiger partial charge in [0.2, 0.25) is 0 Å². The minimum atomic E-state index is -3.11. The van der Waals surface area contributed by atoms with Gasteiger partial charge in [-0.15, -0.1) is 11.3 Å². The van der Waals surface area contributed by atoms with Gasteiger partial charge in [0.05, 0.1) is 4.75 Å². The molecule has 0 spiro atoms. The molecule has 1 heterocycles. The summed E-state index contributed by atoms with van der Waals surface area (Å²) in [6.45, 7) is 6.34. The third-order valence-corrected chi connectivity index (χ3v) is 7.19. The van der Waals surface area contributed by atoms with Crippen molar-refractivity contribution in [1.82, 2.24) is 5.32 Å². The zero-order valence-corrected chi connectivity index (χ0v) is 14.4. The minimum Gasteiger partial charge on any atom is -0.312 e. The van der Waals surface area contributed by atoms with Crippen molar-refractivity contribution in [3.63, 3.8) is 0 Å². The van der Waals surface area contributed by atoms with E-state index in [4.69, 9.17) is 0 Å². The Kier molecular flexibility index (Phi) is 5.41. The third-order valence-electron chi connectivity index (χ3n) is 3.27. The first-order chi connectivity index (χ1) is 8.18. The molecule has 0 aliphatic carbocycles. The van der Waals surface area contributed by atoms with Crippen LogP contribution in [0.1, 0.15) is 25.6 Å². The SMILES string of the molecule is CCNC(Cc1cc(Br)cs1)C(C)(C)S(C)(=O)=O. The quantitative estimate of drug-likeness (QED) is 0.855. The predicted octanol–water partition coefficient (Wildman–Crippen LogP) is 2.85. The number of nitrogens with one attached hydrogen (secondary N) is 1. The van der Waals surface area contributed by atoms with E-state index in [0.29, 0.717) is 0 Å². The molecule has 3 nitrogen and oxygen atoms in total. The van der Waals surface area contributed by atoms with Crippen molar-refractivity contribution < 1.29 is 8.42 Å². The first-order valence-electron chi connectivity index (χ1n) is 5.84. The van der Waals surface area contributed by atoms with E-state index in [1.54, 1.807) is 25.2 Å². The second-order valence-corrected chi connectivity index (χ2v) is 9.43. The Morgan fingerprint density at radius 3 is 2.50 bits per heavy atom. The molecule has 6 heteroatoms. The summed E-state index contributed by atoms with van der Waals surface area (Å²) in [5.74, 6) is 0. The van der Waals surface area contributed by atoms with E-state index in [1.165, 1.54) is 11.1 Å². The van der Waals surface area contributed by atoms with Crippen LogP contribution in [0, 0.1) is 0 Å². The van der Waals surface area contributed by atoms with Crippen LogP contribution in [0.4, 0.5) is 0 Å². The first kappa shape index (κ1) is 16.1. The zero-order valence-electron chi connectivity index (χ0n) is 11.2. The fourth-order valence-corrected chi connectivity index (χ4v) is 3.91. The van der Waals surface area contributed by atoms with Crippen LogP contribution in [-0.2, 0) is 16.3 Å². The monoisotopic (exact) mass is 353 g/mol. The molecule has 1 aromatic rings. The molecule has 0 saturated carbocycles. The normalized spacial score (nSPS) is 14.7. The van der Waals surface area contributed by atoms with Crippen LogP contribution in [0.15, 0.2) is 15.9 Å². The highest BCUT2D eigenvalue weighted by Crippen LogP contribution is 2.27. The van der Waals surface area contributed by atoms with E-state index >= 15 is 0 Å². The molecule has 0 saturated heterocycles. The topological polar surface area (TPSA) is 46.2 Å². The van der Waals surface area contributed by atoms with E-state index in [2.05, 4.69) is 21.2 Å². The molecule has 0 radical (unpaired) electrons. The number of thiophene rings is 1. The van der Waals surface area contributed by atoms with E-state index in [0.717, 1.165) is 17.4 Å². The maximum atomic E-state index is 11.9. The van der Waals surface area contributed by atoms with Crippen molar-refractivity contribution in [3.8, 4) is 0 Å². The lowest BCUT2D eigenvalue weighted by Crippen LogP contribution is -2.52. The first-order valence-corrected chi connectivity index (χ1v) is 9.40. The van der Waals surface area contributed by atoms with Gasteiger partial charge in [0.25, 0.3) is 0 Å². The fourth-order valence-electron chi connectivity index (χ4n) is 1.73. The molecule has 18 heavy (non-hydrogen) atoms. The molecule has 0 aromatic carbocycles. The lowest BCUT2D eigenvalue weighted by Gasteiger charge is -2.33. The summed E-state index contributed by atoms with van der Waals surface area (Å²) < 4.78 is 24.1. The largest absolute Gasteiger partial charge is 0.312 e.